The lowest BCUT2D eigenvalue weighted by atomic mass is 10.00. The first-order valence-corrected chi connectivity index (χ1v) is 34.0. The van der Waals surface area contributed by atoms with Gasteiger partial charge in [0.2, 0.25) is 59.1 Å². The molecule has 1 saturated heterocycles. The van der Waals surface area contributed by atoms with Crippen molar-refractivity contribution in [2.75, 3.05) is 26.2 Å². The van der Waals surface area contributed by atoms with Gasteiger partial charge in [-0.05, 0) is 132 Å². The number of alkyl halides is 3. The molecule has 1 fully saturated rings. The zero-order valence-electron chi connectivity index (χ0n) is 60.3. The van der Waals surface area contributed by atoms with Crippen molar-refractivity contribution in [3.63, 3.8) is 0 Å². The summed E-state index contributed by atoms with van der Waals surface area (Å²) in [4.78, 5) is 183. The fraction of sp³-hybridized carbons (Fsp3) is 0.712. The van der Waals surface area contributed by atoms with Crippen LogP contribution in [0.15, 0.2) is 30.3 Å². The minimum atomic E-state index is -4.91. The van der Waals surface area contributed by atoms with Crippen LogP contribution < -0.4 is 74.9 Å². The SMILES string of the molecule is CCC[C@@H]1NC(=O)[C@H](CC(C)C)NC(=O)[C@@H](Cc2ccccc2)NC(=O)[C@H](CCNC(=O)OC(C)(C)C)NC(=O)[C@@H](NC(=O)[C@H](CCNC(=O)OC(C)(C)C)NC(=O)[C@@H](NC(=O)[C@@H](N)CCNC(=O)OC(C)(C)C)[C@H](O)CCC(F)(F)F)CCNC(=O)[C@H]([C@@H](C)O)NC(=O)[C@H](CCC)NC1=O. The number of carbonyl (C=O) groups is 13. The molecule has 572 valence electrons. The largest absolute Gasteiger partial charge is 0.444 e. The summed E-state index contributed by atoms with van der Waals surface area (Å²) in [6, 6.07) is -8.71. The van der Waals surface area contributed by atoms with Crippen molar-refractivity contribution in [2.24, 2.45) is 11.7 Å². The molecule has 0 aromatic heterocycles. The number of hydrogen-bond acceptors (Lipinski definition) is 19. The van der Waals surface area contributed by atoms with Gasteiger partial charge in [-0.25, -0.2) is 14.4 Å². The van der Waals surface area contributed by atoms with Crippen LogP contribution in [0.3, 0.4) is 0 Å². The summed E-state index contributed by atoms with van der Waals surface area (Å²) in [5.74, 6) is -11.2. The molecule has 1 aliphatic heterocycles. The van der Waals surface area contributed by atoms with E-state index in [-0.39, 0.29) is 44.6 Å². The van der Waals surface area contributed by atoms with Gasteiger partial charge in [0.05, 0.1) is 18.2 Å². The first-order chi connectivity index (χ1) is 46.8. The maximum Gasteiger partial charge on any atom is 0.407 e. The Hall–Kier alpha value is -8.60. The number of aliphatic hydroxyl groups is 2. The first-order valence-electron chi connectivity index (χ1n) is 34.0. The van der Waals surface area contributed by atoms with Gasteiger partial charge in [0.15, 0.2) is 0 Å². The summed E-state index contributed by atoms with van der Waals surface area (Å²) in [6.45, 7) is 20.3. The van der Waals surface area contributed by atoms with E-state index in [4.69, 9.17) is 19.9 Å². The molecule has 0 bridgehead atoms. The number of hydrogen-bond donors (Lipinski definition) is 16. The number of alkyl carbamates (subject to hydrolysis) is 3. The lowest BCUT2D eigenvalue weighted by Gasteiger charge is -2.29. The van der Waals surface area contributed by atoms with E-state index >= 15 is 4.79 Å². The number of nitrogens with two attached hydrogens (primary N) is 1. The summed E-state index contributed by atoms with van der Waals surface area (Å²) in [7, 11) is 0. The zero-order chi connectivity index (χ0) is 76.8. The number of nitrogens with one attached hydrogen (secondary N) is 13. The summed E-state index contributed by atoms with van der Waals surface area (Å²) in [5, 5.41) is 54.4. The third-order valence-corrected chi connectivity index (χ3v) is 14.7. The Labute approximate surface area is 587 Å². The molecule has 12 atom stereocenters. The van der Waals surface area contributed by atoms with Crippen LogP contribution >= 0.6 is 0 Å². The average molecular weight is 1440 g/mol. The Morgan fingerprint density at radius 1 is 0.554 bits per heavy atom. The predicted octanol–water partition coefficient (Wildman–Crippen LogP) is 0.914. The minimum Gasteiger partial charge on any atom is -0.444 e. The summed E-state index contributed by atoms with van der Waals surface area (Å²) in [5.41, 5.74) is 3.57. The molecule has 0 radical (unpaired) electrons. The molecule has 32 nitrogen and oxygen atoms in total. The molecule has 0 spiro atoms. The van der Waals surface area contributed by atoms with Gasteiger partial charge in [-0.2, -0.15) is 13.2 Å². The summed E-state index contributed by atoms with van der Waals surface area (Å²) in [6.07, 6.45) is -16.4. The highest BCUT2D eigenvalue weighted by atomic mass is 19.4. The van der Waals surface area contributed by atoms with Gasteiger partial charge >= 0.3 is 24.5 Å². The number of rotatable bonds is 27. The Morgan fingerprint density at radius 2 is 1.00 bits per heavy atom. The van der Waals surface area contributed by atoms with Crippen molar-refractivity contribution in [3.05, 3.63) is 35.9 Å². The van der Waals surface area contributed by atoms with Crippen molar-refractivity contribution in [2.45, 2.75) is 270 Å². The van der Waals surface area contributed by atoms with Gasteiger partial charge in [0.25, 0.3) is 0 Å². The van der Waals surface area contributed by atoms with Crippen molar-refractivity contribution in [1.82, 2.24) is 69.1 Å². The van der Waals surface area contributed by atoms with E-state index in [0.717, 1.165) is 6.92 Å². The van der Waals surface area contributed by atoms with Crippen LogP contribution in [0, 0.1) is 5.92 Å². The highest BCUT2D eigenvalue weighted by Gasteiger charge is 2.40. The third-order valence-electron chi connectivity index (χ3n) is 14.7. The van der Waals surface area contributed by atoms with E-state index in [9.17, 15) is 80.9 Å². The van der Waals surface area contributed by atoms with Gasteiger partial charge in [-0.3, -0.25) is 47.9 Å². The molecule has 0 aliphatic carbocycles. The van der Waals surface area contributed by atoms with Gasteiger partial charge in [-0.1, -0.05) is 70.9 Å². The first kappa shape index (κ1) is 88.5. The van der Waals surface area contributed by atoms with E-state index in [2.05, 4.69) is 69.1 Å². The van der Waals surface area contributed by atoms with Crippen LogP contribution in [0.2, 0.25) is 0 Å². The number of halogens is 3. The number of carbonyl (C=O) groups excluding carboxylic acids is 13. The molecular formula is C66H109F3N14O18. The molecule has 1 heterocycles. The summed E-state index contributed by atoms with van der Waals surface area (Å²) < 4.78 is 56.9. The van der Waals surface area contributed by atoms with E-state index in [1.54, 1.807) is 99.6 Å². The van der Waals surface area contributed by atoms with E-state index in [1.165, 1.54) is 20.8 Å². The maximum atomic E-state index is 15.1. The van der Waals surface area contributed by atoms with Gasteiger partial charge in [0.1, 0.15) is 71.2 Å². The lowest BCUT2D eigenvalue weighted by molar-refractivity contribution is -0.145. The Balaban J connectivity index is 3.01. The normalized spacial score (nSPS) is 21.3. The molecular weight excluding hydrogens is 1330 g/mol. The fourth-order valence-corrected chi connectivity index (χ4v) is 9.80. The Kier molecular flexibility index (Phi) is 36.8. The van der Waals surface area contributed by atoms with Crippen LogP contribution in [0.4, 0.5) is 27.6 Å². The molecule has 1 aliphatic rings. The van der Waals surface area contributed by atoms with Gasteiger partial charge in [-0.15, -0.1) is 0 Å². The molecule has 101 heavy (non-hydrogen) atoms. The topological polar surface area (TPSA) is 472 Å². The highest BCUT2D eigenvalue weighted by Crippen LogP contribution is 2.24. The average Bonchev–Trinajstić information content (AvgIpc) is 1.13. The Morgan fingerprint density at radius 3 is 1.49 bits per heavy atom. The van der Waals surface area contributed by atoms with Gasteiger partial charge < -0.3 is 99.3 Å². The second-order valence-electron chi connectivity index (χ2n) is 28.1. The Bertz CT molecular complexity index is 2930. The molecule has 17 N–H and O–H groups in total. The van der Waals surface area contributed by atoms with Crippen LogP contribution in [-0.4, -0.2) is 209 Å². The van der Waals surface area contributed by atoms with Crippen LogP contribution in [-0.2, 0) is 68.6 Å². The molecule has 1 aromatic carbocycles. The zero-order valence-corrected chi connectivity index (χ0v) is 60.3. The van der Waals surface area contributed by atoms with Crippen molar-refractivity contribution < 1.29 is 99.9 Å². The van der Waals surface area contributed by atoms with E-state index < -0.39 is 225 Å². The standard InChI is InChI=1S/C66H109F3N14O18/c1-15-20-40-51(87)75-41(21-16-2)55(91)82-48(37(5)84)58(94)71-31-26-42(52(88)78-43(27-32-73-61(97)100-64(9,10)11)54(90)81-46(35-38-22-18-17-19-23-38)57(93)80-45(34-36(3)4)56(92)76-40)77-53(89)44(28-33-74-62(98)101-65(12,13)14)79-59(95)49(47(85)24-29-66(67,68)69)83-50(86)39(70)25-30-72-60(96)99-63(6,7)8/h17-19,22-23,36-37,39-49,84-85H,15-16,20-21,24-35,70H2,1-14H3,(H,71,94)(H,72,96)(H,73,97)(H,74,98)(H,75,87)(H,76,92)(H,77,89)(H,78,88)(H,79,95)(H,80,93)(H,81,90)(H,82,91)(H,83,86)/t37-,39+,40+,41+,42+,43+,44+,45+,46-,47-,48+,49+/m1/s1. The predicted molar refractivity (Wildman–Crippen MR) is 362 cm³/mol. The number of benzene rings is 1. The highest BCUT2D eigenvalue weighted by molar-refractivity contribution is 5.99. The fourth-order valence-electron chi connectivity index (χ4n) is 9.80. The van der Waals surface area contributed by atoms with Gasteiger partial charge in [0, 0.05) is 39.0 Å². The smallest absolute Gasteiger partial charge is 0.407 e. The second-order valence-corrected chi connectivity index (χ2v) is 28.1. The van der Waals surface area contributed by atoms with Crippen LogP contribution in [0.25, 0.3) is 0 Å². The quantitative estimate of drug-likeness (QED) is 0.0544. The van der Waals surface area contributed by atoms with Crippen LogP contribution in [0.5, 0.6) is 0 Å². The second kappa shape index (κ2) is 42.0. The molecule has 2 rings (SSSR count). The number of aliphatic hydroxyl groups excluding tert-OH is 2. The minimum absolute atomic E-state index is 0.00557. The maximum absolute atomic E-state index is 15.1. The molecule has 1 aromatic rings. The molecule has 0 unspecified atom stereocenters. The van der Waals surface area contributed by atoms with Crippen molar-refractivity contribution >= 4 is 77.4 Å². The van der Waals surface area contributed by atoms with Crippen LogP contribution in [0.1, 0.15) is 173 Å². The third kappa shape index (κ3) is 36.0. The van der Waals surface area contributed by atoms with E-state index in [0.29, 0.717) is 18.4 Å². The van der Waals surface area contributed by atoms with E-state index in [1.807, 2.05) is 0 Å². The van der Waals surface area contributed by atoms with Crippen molar-refractivity contribution in [1.29, 1.82) is 0 Å². The van der Waals surface area contributed by atoms with Crippen molar-refractivity contribution in [3.8, 4) is 0 Å². The number of ether oxygens (including phenoxy) is 3. The molecule has 13 amide bonds. The summed E-state index contributed by atoms with van der Waals surface area (Å²) >= 11 is 0. The monoisotopic (exact) mass is 1440 g/mol. The lowest BCUT2D eigenvalue weighted by Crippen LogP contribution is -2.62. The molecule has 0 saturated carbocycles. The molecule has 35 heteroatoms. The number of amides is 13.